The maximum absolute atomic E-state index is 13.3. The van der Waals surface area contributed by atoms with Gasteiger partial charge in [0.15, 0.2) is 0 Å². The molecule has 0 spiro atoms. The van der Waals surface area contributed by atoms with E-state index in [1.165, 1.54) is 0 Å². The minimum Gasteiger partial charge on any atom is -0.302 e. The fourth-order valence-electron chi connectivity index (χ4n) is 1.82. The van der Waals surface area contributed by atoms with Crippen LogP contribution in [-0.4, -0.2) is 30.2 Å². The van der Waals surface area contributed by atoms with Crippen LogP contribution in [0.25, 0.3) is 0 Å². The molecule has 2 unspecified atom stereocenters. The molecule has 106 valence electrons. The van der Waals surface area contributed by atoms with E-state index in [2.05, 4.69) is 0 Å². The summed E-state index contributed by atoms with van der Waals surface area (Å²) in [5, 5.41) is 0. The molecular weight excluding hydrogens is 283 g/mol. The molecule has 1 nitrogen and oxygen atoms in total. The smallest absolute Gasteiger partial charge is 0.302 e. The van der Waals surface area contributed by atoms with Gasteiger partial charge in [0.2, 0.25) is 0 Å². The number of hydrogen-bond donors (Lipinski definition) is 0. The Bertz CT molecular complexity index is 357. The number of hydrogen-bond acceptors (Lipinski definition) is 1. The number of halogens is 9. The van der Waals surface area contributed by atoms with Crippen molar-refractivity contribution in [3.05, 3.63) is 0 Å². The number of carbonyl (C=O) groups excluding carboxylic acids is 1. The van der Waals surface area contributed by atoms with Gasteiger partial charge in [-0.25, -0.2) is 13.2 Å². The Morgan fingerprint density at radius 2 is 1.28 bits per heavy atom. The number of rotatable bonds is 1. The maximum atomic E-state index is 13.3. The molecule has 0 amide bonds. The summed E-state index contributed by atoms with van der Waals surface area (Å²) < 4.78 is 113. The van der Waals surface area contributed by atoms with Crippen LogP contribution in [0.3, 0.4) is 0 Å². The normalized spacial score (nSPS) is 36.7. The Hall–Kier alpha value is -0.960. The Kier molecular flexibility index (Phi) is 2.96. The first-order valence-corrected chi connectivity index (χ1v) is 4.39. The molecule has 10 heteroatoms. The maximum Gasteiger partial charge on any atom is 0.428 e. The van der Waals surface area contributed by atoms with Crippen molar-refractivity contribution in [2.45, 2.75) is 36.8 Å². The third kappa shape index (κ3) is 1.76. The molecule has 0 radical (unpaired) electrons. The quantitative estimate of drug-likeness (QED) is 0.533. The summed E-state index contributed by atoms with van der Waals surface area (Å²) in [4.78, 5) is 10.3. The predicted octanol–water partition coefficient (Wildman–Crippen LogP) is 3.43. The van der Waals surface area contributed by atoms with Crippen molar-refractivity contribution in [1.82, 2.24) is 0 Å². The summed E-state index contributed by atoms with van der Waals surface area (Å²) in [6.45, 7) is 0. The number of carbonyl (C=O) groups is 1. The molecule has 0 bridgehead atoms. The van der Waals surface area contributed by atoms with Crippen LogP contribution in [0.15, 0.2) is 0 Å². The van der Waals surface area contributed by atoms with E-state index in [1.807, 2.05) is 0 Å². The van der Waals surface area contributed by atoms with Crippen molar-refractivity contribution < 1.29 is 44.3 Å². The van der Waals surface area contributed by atoms with Crippen LogP contribution in [0.2, 0.25) is 0 Å². The highest BCUT2D eigenvalue weighted by molar-refractivity contribution is 5.63. The summed E-state index contributed by atoms with van der Waals surface area (Å²) in [6, 6.07) is 0. The summed E-state index contributed by atoms with van der Waals surface area (Å²) >= 11 is 0. The van der Waals surface area contributed by atoms with Crippen molar-refractivity contribution in [3.63, 3.8) is 0 Å². The van der Waals surface area contributed by atoms with Crippen LogP contribution in [0.4, 0.5) is 39.5 Å². The summed E-state index contributed by atoms with van der Waals surface area (Å²) in [7, 11) is 0. The van der Waals surface area contributed by atoms with E-state index in [1.54, 1.807) is 0 Å². The zero-order valence-corrected chi connectivity index (χ0v) is 8.30. The minimum absolute atomic E-state index is 1.09. The number of alkyl halides is 9. The third-order valence-corrected chi connectivity index (χ3v) is 2.92. The Balaban J connectivity index is 3.36. The first-order chi connectivity index (χ1) is 7.72. The third-order valence-electron chi connectivity index (χ3n) is 2.92. The lowest BCUT2D eigenvalue weighted by molar-refractivity contribution is -0.291. The van der Waals surface area contributed by atoms with Gasteiger partial charge in [0, 0.05) is 12.8 Å². The first-order valence-electron chi connectivity index (χ1n) is 4.39. The zero-order valence-electron chi connectivity index (χ0n) is 8.30. The van der Waals surface area contributed by atoms with Crippen molar-refractivity contribution >= 4 is 6.29 Å². The van der Waals surface area contributed by atoms with E-state index >= 15 is 0 Å². The van der Waals surface area contributed by atoms with Gasteiger partial charge < -0.3 is 4.79 Å². The largest absolute Gasteiger partial charge is 0.428 e. The van der Waals surface area contributed by atoms with Crippen LogP contribution in [0, 0.1) is 5.41 Å². The van der Waals surface area contributed by atoms with Gasteiger partial charge in [0.05, 0.1) is 0 Å². The van der Waals surface area contributed by atoms with Crippen LogP contribution >= 0.6 is 0 Å². The topological polar surface area (TPSA) is 17.1 Å². The lowest BCUT2D eigenvalue weighted by atomic mass is 9.85. The van der Waals surface area contributed by atoms with Gasteiger partial charge in [-0.15, -0.1) is 0 Å². The van der Waals surface area contributed by atoms with Gasteiger partial charge in [0.25, 0.3) is 11.6 Å². The molecule has 0 heterocycles. The second kappa shape index (κ2) is 3.53. The summed E-state index contributed by atoms with van der Waals surface area (Å²) in [5.74, 6) is -5.32. The second-order valence-corrected chi connectivity index (χ2v) is 4.13. The lowest BCUT2D eigenvalue weighted by Crippen LogP contribution is -2.51. The van der Waals surface area contributed by atoms with E-state index in [-0.39, 0.29) is 0 Å². The molecule has 1 aliphatic rings. The molecule has 2 atom stereocenters. The monoisotopic (exact) mass is 288 g/mol. The molecule has 0 saturated heterocycles. The molecular formula is C8H5F9O. The van der Waals surface area contributed by atoms with Gasteiger partial charge in [-0.3, -0.25) is 0 Å². The molecule has 0 aromatic carbocycles. The van der Waals surface area contributed by atoms with E-state index < -0.39 is 48.5 Å². The zero-order chi connectivity index (χ0) is 14.6. The SMILES string of the molecule is O=CC1(C(F)(F)F)CC(F)(F)C(F)(C(F)(F)F)C1. The van der Waals surface area contributed by atoms with E-state index in [4.69, 9.17) is 0 Å². The number of aldehydes is 1. The van der Waals surface area contributed by atoms with Gasteiger partial charge in [0.1, 0.15) is 11.7 Å². The van der Waals surface area contributed by atoms with Crippen LogP contribution in [0.5, 0.6) is 0 Å². The van der Waals surface area contributed by atoms with Crippen molar-refractivity contribution in [3.8, 4) is 0 Å². The fourth-order valence-corrected chi connectivity index (χ4v) is 1.82. The average Bonchev–Trinajstić information content (AvgIpc) is 2.34. The van der Waals surface area contributed by atoms with Crippen LogP contribution < -0.4 is 0 Å². The van der Waals surface area contributed by atoms with Gasteiger partial charge >= 0.3 is 12.4 Å². The Morgan fingerprint density at radius 1 is 0.833 bits per heavy atom. The standard InChI is InChI=1S/C8H5F9O/c9-5(8(15,16)17)1-4(3-18,7(12,13)14)2-6(5,10)11/h3H,1-2H2. The Labute approximate surface area is 93.9 Å². The van der Waals surface area contributed by atoms with Crippen molar-refractivity contribution in [2.75, 3.05) is 0 Å². The highest BCUT2D eigenvalue weighted by atomic mass is 19.4. The summed E-state index contributed by atoms with van der Waals surface area (Å²) in [5.41, 5.74) is -9.39. The van der Waals surface area contributed by atoms with Gasteiger partial charge in [-0.05, 0) is 0 Å². The fraction of sp³-hybridized carbons (Fsp3) is 0.875. The van der Waals surface area contributed by atoms with E-state index in [0.717, 1.165) is 0 Å². The molecule has 1 fully saturated rings. The van der Waals surface area contributed by atoms with Crippen LogP contribution in [0.1, 0.15) is 12.8 Å². The van der Waals surface area contributed by atoms with Gasteiger partial charge in [-0.1, -0.05) is 0 Å². The Morgan fingerprint density at radius 3 is 1.44 bits per heavy atom. The molecule has 0 N–H and O–H groups in total. The lowest BCUT2D eigenvalue weighted by Gasteiger charge is -2.29. The van der Waals surface area contributed by atoms with Crippen LogP contribution in [-0.2, 0) is 4.79 Å². The van der Waals surface area contributed by atoms with E-state index in [0.29, 0.717) is 0 Å². The molecule has 0 aliphatic heterocycles. The molecule has 1 rings (SSSR count). The predicted molar refractivity (Wildman–Crippen MR) is 38.6 cm³/mol. The highest BCUT2D eigenvalue weighted by Gasteiger charge is 2.82. The highest BCUT2D eigenvalue weighted by Crippen LogP contribution is 2.64. The molecule has 18 heavy (non-hydrogen) atoms. The van der Waals surface area contributed by atoms with Gasteiger partial charge in [-0.2, -0.15) is 26.3 Å². The average molecular weight is 288 g/mol. The van der Waals surface area contributed by atoms with E-state index in [9.17, 15) is 44.3 Å². The molecule has 0 aromatic rings. The molecule has 1 saturated carbocycles. The molecule has 1 aliphatic carbocycles. The van der Waals surface area contributed by atoms with Crippen molar-refractivity contribution in [2.24, 2.45) is 5.41 Å². The molecule has 0 aromatic heterocycles. The second-order valence-electron chi connectivity index (χ2n) is 4.13. The van der Waals surface area contributed by atoms with Crippen molar-refractivity contribution in [1.29, 1.82) is 0 Å². The minimum atomic E-state index is -6.20. The first kappa shape index (κ1) is 15.1. The summed E-state index contributed by atoms with van der Waals surface area (Å²) in [6.07, 6.45) is -18.2.